The molecular weight excluding hydrogens is 181 g/mol. The number of hydrogen-bond donors (Lipinski definition) is 0. The Hall–Kier alpha value is -0.930. The predicted octanol–water partition coefficient (Wildman–Crippen LogP) is 1.81. The molecule has 1 saturated heterocycles. The first-order valence-electron chi connectivity index (χ1n) is 4.78. The Morgan fingerprint density at radius 3 is 3.00 bits per heavy atom. The fraction of sp³-hybridized carbons (Fsp3) is 0.455. The highest BCUT2D eigenvalue weighted by Gasteiger charge is 2.19. The zero-order valence-electron chi connectivity index (χ0n) is 8.16. The van der Waals surface area contributed by atoms with Crippen LogP contribution in [0.3, 0.4) is 0 Å². The molecule has 1 aromatic rings. The zero-order valence-corrected chi connectivity index (χ0v) is 8.16. The van der Waals surface area contributed by atoms with Crippen LogP contribution in [0.25, 0.3) is 0 Å². The molecule has 0 unspecified atom stereocenters. The van der Waals surface area contributed by atoms with Crippen molar-refractivity contribution in [3.05, 3.63) is 35.1 Å². The largest absolute Gasteiger partial charge is 0.371 e. The lowest BCUT2D eigenvalue weighted by Gasteiger charge is -2.23. The number of hydrogen-bond acceptors (Lipinski definition) is 1. The highest BCUT2D eigenvalue weighted by atomic mass is 19.1. The maximum Gasteiger partial charge on any atom is 0.129 e. The lowest BCUT2D eigenvalue weighted by molar-refractivity contribution is 0.0239. The molecule has 14 heavy (non-hydrogen) atoms. The number of aryl methyl sites for hydroxylation is 1. The van der Waals surface area contributed by atoms with E-state index in [1.54, 1.807) is 6.07 Å². The summed E-state index contributed by atoms with van der Waals surface area (Å²) >= 11 is 0. The summed E-state index contributed by atoms with van der Waals surface area (Å²) in [5.74, 6) is -0.188. The molecule has 1 aliphatic heterocycles. The summed E-state index contributed by atoms with van der Waals surface area (Å²) in [5.41, 5.74) is 1.55. The lowest BCUT2D eigenvalue weighted by atomic mass is 10.1. The van der Waals surface area contributed by atoms with Crippen molar-refractivity contribution >= 4 is 0 Å². The van der Waals surface area contributed by atoms with Crippen LogP contribution in [0, 0.1) is 12.7 Å². The minimum Gasteiger partial charge on any atom is -0.371 e. The van der Waals surface area contributed by atoms with Crippen LogP contribution in [0.1, 0.15) is 17.2 Å². The molecule has 1 radical (unpaired) electrons. The van der Waals surface area contributed by atoms with Gasteiger partial charge in [-0.3, -0.25) is 0 Å². The number of nitrogens with zero attached hydrogens (tertiary/aromatic N) is 1. The van der Waals surface area contributed by atoms with Gasteiger partial charge in [-0.1, -0.05) is 12.1 Å². The van der Waals surface area contributed by atoms with Crippen LogP contribution in [0.4, 0.5) is 4.39 Å². The van der Waals surface area contributed by atoms with E-state index < -0.39 is 0 Å². The van der Waals surface area contributed by atoms with E-state index in [0.717, 1.165) is 12.1 Å². The van der Waals surface area contributed by atoms with E-state index in [0.29, 0.717) is 18.7 Å². The monoisotopic (exact) mass is 194 g/mol. The maximum absolute atomic E-state index is 13.5. The predicted molar refractivity (Wildman–Crippen MR) is 51.7 cm³/mol. The zero-order chi connectivity index (χ0) is 9.97. The molecule has 0 aliphatic carbocycles. The molecule has 3 heteroatoms. The molecule has 1 aromatic carbocycles. The van der Waals surface area contributed by atoms with E-state index in [-0.39, 0.29) is 11.9 Å². The molecule has 2 rings (SSSR count). The number of morpholine rings is 1. The second-order valence-electron chi connectivity index (χ2n) is 3.51. The summed E-state index contributed by atoms with van der Waals surface area (Å²) in [6.07, 6.45) is -0.190. The highest BCUT2D eigenvalue weighted by Crippen LogP contribution is 2.22. The van der Waals surface area contributed by atoms with Gasteiger partial charge in [-0.15, -0.1) is 0 Å². The van der Waals surface area contributed by atoms with Gasteiger partial charge in [-0.2, -0.15) is 0 Å². The Morgan fingerprint density at radius 2 is 2.36 bits per heavy atom. The van der Waals surface area contributed by atoms with Gasteiger partial charge in [0.25, 0.3) is 0 Å². The van der Waals surface area contributed by atoms with E-state index in [9.17, 15) is 4.39 Å². The molecule has 1 aliphatic rings. The van der Waals surface area contributed by atoms with Crippen LogP contribution >= 0.6 is 0 Å². The molecule has 0 amide bonds. The average molecular weight is 194 g/mol. The minimum atomic E-state index is -0.190. The van der Waals surface area contributed by atoms with E-state index in [2.05, 4.69) is 5.32 Å². The lowest BCUT2D eigenvalue weighted by Crippen LogP contribution is -2.28. The van der Waals surface area contributed by atoms with Crippen LogP contribution in [0.15, 0.2) is 18.2 Å². The fourth-order valence-electron chi connectivity index (χ4n) is 1.60. The summed E-state index contributed by atoms with van der Waals surface area (Å²) in [4.78, 5) is 0. The number of ether oxygens (including phenoxy) is 1. The van der Waals surface area contributed by atoms with Gasteiger partial charge in [-0.25, -0.2) is 9.71 Å². The van der Waals surface area contributed by atoms with Crippen molar-refractivity contribution in [1.29, 1.82) is 0 Å². The van der Waals surface area contributed by atoms with Crippen LogP contribution < -0.4 is 5.32 Å². The first-order valence-corrected chi connectivity index (χ1v) is 4.78. The summed E-state index contributed by atoms with van der Waals surface area (Å²) in [7, 11) is 0. The molecule has 75 valence electrons. The van der Waals surface area contributed by atoms with Gasteiger partial charge in [0.15, 0.2) is 0 Å². The quantitative estimate of drug-likeness (QED) is 0.668. The molecule has 0 spiro atoms. The summed E-state index contributed by atoms with van der Waals surface area (Å²) in [6.45, 7) is 3.76. The molecular formula is C11H13FNO. The van der Waals surface area contributed by atoms with Gasteiger partial charge in [-0.05, 0) is 18.6 Å². The van der Waals surface area contributed by atoms with Crippen molar-refractivity contribution in [3.63, 3.8) is 0 Å². The van der Waals surface area contributed by atoms with Gasteiger partial charge in [0.05, 0.1) is 12.7 Å². The van der Waals surface area contributed by atoms with E-state index in [1.807, 2.05) is 13.0 Å². The van der Waals surface area contributed by atoms with Crippen molar-refractivity contribution in [2.75, 3.05) is 19.7 Å². The molecule has 2 nitrogen and oxygen atoms in total. The van der Waals surface area contributed by atoms with Gasteiger partial charge in [0.2, 0.25) is 0 Å². The molecule has 0 aromatic heterocycles. The second-order valence-corrected chi connectivity index (χ2v) is 3.51. The molecule has 1 atom stereocenters. The Morgan fingerprint density at radius 1 is 1.50 bits per heavy atom. The van der Waals surface area contributed by atoms with Crippen molar-refractivity contribution in [2.24, 2.45) is 0 Å². The Labute approximate surface area is 83.1 Å². The average Bonchev–Trinajstić information content (AvgIpc) is 2.19. The second kappa shape index (κ2) is 4.07. The van der Waals surface area contributed by atoms with Gasteiger partial charge >= 0.3 is 0 Å². The number of rotatable bonds is 1. The van der Waals surface area contributed by atoms with Crippen molar-refractivity contribution in [2.45, 2.75) is 13.0 Å². The molecule has 1 fully saturated rings. The van der Waals surface area contributed by atoms with Gasteiger partial charge < -0.3 is 4.74 Å². The van der Waals surface area contributed by atoms with E-state index in [4.69, 9.17) is 4.74 Å². The molecule has 0 N–H and O–H groups in total. The number of benzene rings is 1. The molecule has 0 bridgehead atoms. The van der Waals surface area contributed by atoms with Crippen LogP contribution in [0.2, 0.25) is 0 Å². The van der Waals surface area contributed by atoms with E-state index >= 15 is 0 Å². The standard InChI is InChI=1S/C11H13FNO/c1-8-2-3-9(10(12)6-8)11-7-13-4-5-14-11/h2-3,6,11H,4-5,7H2,1H3/t11-/m1/s1. The Kier molecular flexibility index (Phi) is 2.79. The van der Waals surface area contributed by atoms with E-state index in [1.165, 1.54) is 6.07 Å². The normalized spacial score (nSPS) is 22.3. The molecule has 0 saturated carbocycles. The molecule has 1 heterocycles. The van der Waals surface area contributed by atoms with Gasteiger partial charge in [0.1, 0.15) is 5.82 Å². The van der Waals surface area contributed by atoms with Crippen molar-refractivity contribution < 1.29 is 9.13 Å². The third-order valence-corrected chi connectivity index (χ3v) is 2.37. The van der Waals surface area contributed by atoms with Crippen molar-refractivity contribution in [1.82, 2.24) is 5.32 Å². The highest BCUT2D eigenvalue weighted by molar-refractivity contribution is 5.25. The van der Waals surface area contributed by atoms with Crippen molar-refractivity contribution in [3.8, 4) is 0 Å². The maximum atomic E-state index is 13.5. The Balaban J connectivity index is 2.22. The fourth-order valence-corrected chi connectivity index (χ4v) is 1.60. The summed E-state index contributed by atoms with van der Waals surface area (Å²) < 4.78 is 19.0. The summed E-state index contributed by atoms with van der Waals surface area (Å²) in [5, 5.41) is 4.21. The van der Waals surface area contributed by atoms with Crippen LogP contribution in [0.5, 0.6) is 0 Å². The van der Waals surface area contributed by atoms with Gasteiger partial charge in [0, 0.05) is 18.7 Å². The third-order valence-electron chi connectivity index (χ3n) is 2.37. The third kappa shape index (κ3) is 1.94. The first kappa shape index (κ1) is 9.62. The van der Waals surface area contributed by atoms with Crippen LogP contribution in [-0.2, 0) is 4.74 Å². The summed E-state index contributed by atoms with van der Waals surface area (Å²) in [6, 6.07) is 5.22. The first-order chi connectivity index (χ1) is 6.77. The number of halogens is 1. The Bertz CT molecular complexity index is 321. The minimum absolute atomic E-state index is 0.188. The topological polar surface area (TPSA) is 23.3 Å². The van der Waals surface area contributed by atoms with Crippen LogP contribution in [-0.4, -0.2) is 19.7 Å². The SMILES string of the molecule is Cc1ccc([C@H]2C[N]CCO2)c(F)c1. The smallest absolute Gasteiger partial charge is 0.129 e.